The number of nitrogens with zero attached hydrogens (tertiary/aromatic N) is 2. The molecule has 1 aromatic heterocycles. The van der Waals surface area contributed by atoms with Crippen molar-refractivity contribution in [1.29, 1.82) is 5.26 Å². The van der Waals surface area contributed by atoms with Crippen LogP contribution >= 0.6 is 23.2 Å². The van der Waals surface area contributed by atoms with Crippen molar-refractivity contribution in [3.8, 4) is 6.07 Å². The third-order valence-corrected chi connectivity index (χ3v) is 3.59. The molecule has 2 aromatic carbocycles. The maximum Gasteiger partial charge on any atom is 0.149 e. The molecule has 0 spiro atoms. The highest BCUT2D eigenvalue weighted by Crippen LogP contribution is 2.25. The maximum atomic E-state index is 9.36. The van der Waals surface area contributed by atoms with Crippen LogP contribution in [-0.2, 0) is 0 Å². The van der Waals surface area contributed by atoms with E-state index in [0.29, 0.717) is 21.4 Å². The minimum absolute atomic E-state index is 0.412. The van der Waals surface area contributed by atoms with Gasteiger partial charge in [-0.15, -0.1) is 0 Å². The second-order valence-corrected chi connectivity index (χ2v) is 5.28. The van der Waals surface area contributed by atoms with Gasteiger partial charge in [-0.2, -0.15) is 5.26 Å². The van der Waals surface area contributed by atoms with Crippen molar-refractivity contribution in [3.05, 3.63) is 63.9 Å². The minimum atomic E-state index is 0.412. The Balaban J connectivity index is 2.09. The summed E-state index contributed by atoms with van der Waals surface area (Å²) in [5.41, 5.74) is 2.83. The second kappa shape index (κ2) is 5.61. The zero-order valence-electron chi connectivity index (χ0n) is 10.8. The molecule has 0 atom stereocenters. The third kappa shape index (κ3) is 2.78. The van der Waals surface area contributed by atoms with Crippen molar-refractivity contribution in [1.82, 2.24) is 9.97 Å². The molecule has 5 heteroatoms. The first-order chi connectivity index (χ1) is 10.2. The number of H-pyrrole nitrogens is 1. The number of para-hydroxylation sites is 2. The Hall–Kier alpha value is -2.28. The van der Waals surface area contributed by atoms with E-state index in [1.165, 1.54) is 0 Å². The van der Waals surface area contributed by atoms with Gasteiger partial charge in [-0.05, 0) is 35.9 Å². The Labute approximate surface area is 131 Å². The first-order valence-electron chi connectivity index (χ1n) is 6.19. The van der Waals surface area contributed by atoms with Crippen LogP contribution in [0.3, 0.4) is 0 Å². The maximum absolute atomic E-state index is 9.36. The predicted octanol–water partition coefficient (Wildman–Crippen LogP) is 4.93. The van der Waals surface area contributed by atoms with Crippen LogP contribution < -0.4 is 0 Å². The molecule has 0 fully saturated rings. The molecule has 0 aliphatic carbocycles. The van der Waals surface area contributed by atoms with Crippen LogP contribution in [0.2, 0.25) is 10.0 Å². The van der Waals surface area contributed by atoms with E-state index in [4.69, 9.17) is 23.2 Å². The van der Waals surface area contributed by atoms with E-state index < -0.39 is 0 Å². The Morgan fingerprint density at radius 3 is 2.71 bits per heavy atom. The van der Waals surface area contributed by atoms with E-state index in [1.807, 2.05) is 24.3 Å². The van der Waals surface area contributed by atoms with Crippen molar-refractivity contribution >= 4 is 45.9 Å². The van der Waals surface area contributed by atoms with Crippen LogP contribution in [-0.4, -0.2) is 9.97 Å². The van der Waals surface area contributed by atoms with Crippen LogP contribution in [0.4, 0.5) is 0 Å². The number of halogens is 2. The summed E-state index contributed by atoms with van der Waals surface area (Å²) in [6.07, 6.45) is 1.69. The first kappa shape index (κ1) is 13.7. The van der Waals surface area contributed by atoms with Gasteiger partial charge in [-0.25, -0.2) is 4.98 Å². The zero-order chi connectivity index (χ0) is 14.8. The fourth-order valence-corrected chi connectivity index (χ4v) is 2.47. The van der Waals surface area contributed by atoms with Crippen molar-refractivity contribution in [3.63, 3.8) is 0 Å². The van der Waals surface area contributed by atoms with Crippen LogP contribution in [0.25, 0.3) is 22.7 Å². The molecular weight excluding hydrogens is 305 g/mol. The number of hydrogen-bond donors (Lipinski definition) is 1. The third-order valence-electron chi connectivity index (χ3n) is 3.03. The van der Waals surface area contributed by atoms with Crippen LogP contribution in [0.1, 0.15) is 11.4 Å². The molecule has 0 radical (unpaired) electrons. The van der Waals surface area contributed by atoms with Crippen molar-refractivity contribution in [2.75, 3.05) is 0 Å². The van der Waals surface area contributed by atoms with E-state index in [2.05, 4.69) is 16.0 Å². The quantitative estimate of drug-likeness (QED) is 0.682. The van der Waals surface area contributed by atoms with Gasteiger partial charge in [0.15, 0.2) is 0 Å². The van der Waals surface area contributed by atoms with E-state index in [9.17, 15) is 5.26 Å². The first-order valence-corrected chi connectivity index (χ1v) is 6.95. The molecular formula is C16H9Cl2N3. The largest absolute Gasteiger partial charge is 0.337 e. The number of benzene rings is 2. The van der Waals surface area contributed by atoms with Crippen LogP contribution in [0.15, 0.2) is 42.5 Å². The summed E-state index contributed by atoms with van der Waals surface area (Å²) in [6, 6.07) is 14.9. The lowest BCUT2D eigenvalue weighted by atomic mass is 10.1. The number of nitriles is 1. The fraction of sp³-hybridized carbons (Fsp3) is 0. The Morgan fingerprint density at radius 2 is 2.00 bits per heavy atom. The van der Waals surface area contributed by atoms with Gasteiger partial charge in [0.05, 0.1) is 16.6 Å². The van der Waals surface area contributed by atoms with Gasteiger partial charge >= 0.3 is 0 Å². The fourth-order valence-electron chi connectivity index (χ4n) is 2.01. The number of nitrogens with one attached hydrogen (secondary N) is 1. The predicted molar refractivity (Wildman–Crippen MR) is 86.0 cm³/mol. The smallest absolute Gasteiger partial charge is 0.149 e. The molecule has 0 unspecified atom stereocenters. The zero-order valence-corrected chi connectivity index (χ0v) is 12.3. The van der Waals surface area contributed by atoms with Gasteiger partial charge in [0.1, 0.15) is 11.9 Å². The average molecular weight is 314 g/mol. The number of rotatable bonds is 2. The number of aromatic amines is 1. The lowest BCUT2D eigenvalue weighted by Crippen LogP contribution is -1.85. The van der Waals surface area contributed by atoms with Crippen LogP contribution in [0.5, 0.6) is 0 Å². The van der Waals surface area contributed by atoms with Gasteiger partial charge < -0.3 is 4.98 Å². The monoisotopic (exact) mass is 313 g/mol. The molecule has 0 aliphatic rings. The molecule has 102 valence electrons. The summed E-state index contributed by atoms with van der Waals surface area (Å²) in [5, 5.41) is 10.4. The molecule has 0 aliphatic heterocycles. The number of imidazole rings is 1. The normalized spacial score (nSPS) is 11.6. The second-order valence-electron chi connectivity index (χ2n) is 4.44. The summed E-state index contributed by atoms with van der Waals surface area (Å²) in [7, 11) is 0. The molecule has 0 bridgehead atoms. The van der Waals surface area contributed by atoms with E-state index in [0.717, 1.165) is 16.6 Å². The summed E-state index contributed by atoms with van der Waals surface area (Å²) in [5.74, 6) is 0.518. The molecule has 0 saturated carbocycles. The Kier molecular flexibility index (Phi) is 3.66. The van der Waals surface area contributed by atoms with Crippen LogP contribution in [0, 0.1) is 11.3 Å². The SMILES string of the molecule is N#CC(=Cc1ccc(Cl)cc1Cl)c1nc2ccccc2[nH]1. The van der Waals surface area contributed by atoms with Gasteiger partial charge in [0, 0.05) is 10.0 Å². The van der Waals surface area contributed by atoms with E-state index >= 15 is 0 Å². The number of hydrogen-bond acceptors (Lipinski definition) is 2. The lowest BCUT2D eigenvalue weighted by molar-refractivity contribution is 1.27. The van der Waals surface area contributed by atoms with Gasteiger partial charge in [0.25, 0.3) is 0 Å². The van der Waals surface area contributed by atoms with Gasteiger partial charge in [-0.1, -0.05) is 41.4 Å². The molecule has 0 saturated heterocycles. The number of allylic oxidation sites excluding steroid dienone is 1. The highest BCUT2D eigenvalue weighted by molar-refractivity contribution is 6.35. The standard InChI is InChI=1S/C16H9Cl2N3/c17-12-6-5-10(13(18)8-12)7-11(9-19)16-20-14-3-1-2-4-15(14)21-16/h1-8H,(H,20,21). The van der Waals surface area contributed by atoms with Crippen molar-refractivity contribution in [2.24, 2.45) is 0 Å². The average Bonchev–Trinajstić information content (AvgIpc) is 2.90. The number of fused-ring (bicyclic) bond motifs is 1. The Morgan fingerprint density at radius 1 is 1.19 bits per heavy atom. The summed E-state index contributed by atoms with van der Waals surface area (Å²) in [6.45, 7) is 0. The van der Waals surface area contributed by atoms with Gasteiger partial charge in [0.2, 0.25) is 0 Å². The molecule has 3 nitrogen and oxygen atoms in total. The number of aromatic nitrogens is 2. The summed E-state index contributed by atoms with van der Waals surface area (Å²) < 4.78 is 0. The van der Waals surface area contributed by atoms with Crippen molar-refractivity contribution in [2.45, 2.75) is 0 Å². The van der Waals surface area contributed by atoms with E-state index in [1.54, 1.807) is 24.3 Å². The molecule has 3 rings (SSSR count). The molecule has 0 amide bonds. The molecule has 3 aromatic rings. The lowest BCUT2D eigenvalue weighted by Gasteiger charge is -2.00. The highest BCUT2D eigenvalue weighted by atomic mass is 35.5. The van der Waals surface area contributed by atoms with E-state index in [-0.39, 0.29) is 0 Å². The topological polar surface area (TPSA) is 52.5 Å². The summed E-state index contributed by atoms with van der Waals surface area (Å²) >= 11 is 12.0. The molecule has 1 N–H and O–H groups in total. The minimum Gasteiger partial charge on any atom is -0.337 e. The van der Waals surface area contributed by atoms with Gasteiger partial charge in [-0.3, -0.25) is 0 Å². The molecule has 1 heterocycles. The van der Waals surface area contributed by atoms with Crippen molar-refractivity contribution < 1.29 is 0 Å². The summed E-state index contributed by atoms with van der Waals surface area (Å²) in [4.78, 5) is 7.54. The highest BCUT2D eigenvalue weighted by Gasteiger charge is 2.08. The molecule has 21 heavy (non-hydrogen) atoms. The Bertz CT molecular complexity index is 855.